The molecule has 1 saturated heterocycles. The molecule has 1 aromatic rings. The predicted octanol–water partition coefficient (Wildman–Crippen LogP) is -0.0499. The van der Waals surface area contributed by atoms with Gasteiger partial charge in [-0.2, -0.15) is 0 Å². The van der Waals surface area contributed by atoms with Crippen LogP contribution in [0.2, 0.25) is 0 Å². The van der Waals surface area contributed by atoms with Crippen molar-refractivity contribution in [2.75, 3.05) is 19.6 Å². The summed E-state index contributed by atoms with van der Waals surface area (Å²) in [7, 11) is 0. The number of hydrogen-bond donors (Lipinski definition) is 2. The first-order valence-corrected chi connectivity index (χ1v) is 6.14. The second-order valence-corrected chi connectivity index (χ2v) is 4.87. The third-order valence-corrected chi connectivity index (χ3v) is 3.40. The molecule has 2 rings (SSSR count). The summed E-state index contributed by atoms with van der Waals surface area (Å²) in [6, 6.07) is -0.807. The fourth-order valence-electron chi connectivity index (χ4n) is 1.78. The molecular formula is C10H13N3O3S. The van der Waals surface area contributed by atoms with Crippen LogP contribution in [0.4, 0.5) is 0 Å². The summed E-state index contributed by atoms with van der Waals surface area (Å²) in [5, 5.41) is 14.5. The SMILES string of the molecule is Cc1nc(C(=O)N2CCNCC2C(=O)O)cs1. The maximum Gasteiger partial charge on any atom is 0.327 e. The van der Waals surface area contributed by atoms with Crippen molar-refractivity contribution >= 4 is 23.2 Å². The number of piperazine rings is 1. The molecule has 0 bridgehead atoms. The van der Waals surface area contributed by atoms with E-state index in [1.807, 2.05) is 6.92 Å². The topological polar surface area (TPSA) is 82.5 Å². The first-order valence-electron chi connectivity index (χ1n) is 5.26. The van der Waals surface area contributed by atoms with Crippen LogP contribution in [0.3, 0.4) is 0 Å². The zero-order valence-corrected chi connectivity index (χ0v) is 10.2. The van der Waals surface area contributed by atoms with Crippen molar-refractivity contribution in [3.05, 3.63) is 16.1 Å². The molecule has 17 heavy (non-hydrogen) atoms. The number of rotatable bonds is 2. The highest BCUT2D eigenvalue weighted by Crippen LogP contribution is 2.13. The van der Waals surface area contributed by atoms with Crippen LogP contribution in [0.1, 0.15) is 15.5 Å². The van der Waals surface area contributed by atoms with Crippen LogP contribution in [-0.4, -0.2) is 52.5 Å². The molecule has 92 valence electrons. The highest BCUT2D eigenvalue weighted by Gasteiger charge is 2.33. The molecule has 1 fully saturated rings. The number of hydrogen-bond acceptors (Lipinski definition) is 5. The van der Waals surface area contributed by atoms with Gasteiger partial charge in [0.2, 0.25) is 0 Å². The number of carbonyl (C=O) groups is 2. The van der Waals surface area contributed by atoms with Gasteiger partial charge >= 0.3 is 5.97 Å². The molecule has 1 amide bonds. The van der Waals surface area contributed by atoms with Gasteiger partial charge in [0, 0.05) is 25.0 Å². The predicted molar refractivity (Wildman–Crippen MR) is 62.2 cm³/mol. The zero-order chi connectivity index (χ0) is 12.4. The Labute approximate surface area is 102 Å². The average molecular weight is 255 g/mol. The number of thiazole rings is 1. The number of carbonyl (C=O) groups excluding carboxylic acids is 1. The van der Waals surface area contributed by atoms with Crippen molar-refractivity contribution in [2.45, 2.75) is 13.0 Å². The van der Waals surface area contributed by atoms with Crippen LogP contribution < -0.4 is 5.32 Å². The van der Waals surface area contributed by atoms with E-state index in [4.69, 9.17) is 5.11 Å². The van der Waals surface area contributed by atoms with E-state index in [1.165, 1.54) is 16.2 Å². The van der Waals surface area contributed by atoms with Crippen molar-refractivity contribution < 1.29 is 14.7 Å². The Kier molecular flexibility index (Phi) is 3.39. The Balaban J connectivity index is 2.19. The fraction of sp³-hybridized carbons (Fsp3) is 0.500. The van der Waals surface area contributed by atoms with E-state index in [2.05, 4.69) is 10.3 Å². The lowest BCUT2D eigenvalue weighted by atomic mass is 10.2. The fourth-order valence-corrected chi connectivity index (χ4v) is 2.36. The van der Waals surface area contributed by atoms with Crippen LogP contribution >= 0.6 is 11.3 Å². The number of aromatic nitrogens is 1. The summed E-state index contributed by atoms with van der Waals surface area (Å²) in [4.78, 5) is 28.6. The van der Waals surface area contributed by atoms with Crippen molar-refractivity contribution in [3.8, 4) is 0 Å². The Hall–Kier alpha value is -1.47. The normalized spacial score (nSPS) is 20.3. The number of nitrogens with zero attached hydrogens (tertiary/aromatic N) is 2. The largest absolute Gasteiger partial charge is 0.480 e. The summed E-state index contributed by atoms with van der Waals surface area (Å²) in [5.41, 5.74) is 0.334. The molecule has 0 radical (unpaired) electrons. The van der Waals surface area contributed by atoms with Crippen molar-refractivity contribution in [3.63, 3.8) is 0 Å². The van der Waals surface area contributed by atoms with Gasteiger partial charge in [0.15, 0.2) is 0 Å². The van der Waals surface area contributed by atoms with Gasteiger partial charge < -0.3 is 15.3 Å². The summed E-state index contributed by atoms with van der Waals surface area (Å²) in [5.74, 6) is -1.29. The minimum atomic E-state index is -0.988. The van der Waals surface area contributed by atoms with Crippen LogP contribution in [-0.2, 0) is 4.79 Å². The first-order chi connectivity index (χ1) is 8.09. The molecule has 1 aliphatic rings. The minimum Gasteiger partial charge on any atom is -0.480 e. The molecule has 1 aromatic heterocycles. The van der Waals surface area contributed by atoms with Crippen molar-refractivity contribution in [1.82, 2.24) is 15.2 Å². The van der Waals surface area contributed by atoms with Gasteiger partial charge in [0.1, 0.15) is 11.7 Å². The highest BCUT2D eigenvalue weighted by molar-refractivity contribution is 7.09. The molecule has 1 unspecified atom stereocenters. The van der Waals surface area contributed by atoms with Gasteiger partial charge in [0.05, 0.1) is 5.01 Å². The number of nitrogens with one attached hydrogen (secondary N) is 1. The smallest absolute Gasteiger partial charge is 0.327 e. The van der Waals surface area contributed by atoms with Crippen molar-refractivity contribution in [2.24, 2.45) is 0 Å². The van der Waals surface area contributed by atoms with Crippen LogP contribution in [0, 0.1) is 6.92 Å². The lowest BCUT2D eigenvalue weighted by Gasteiger charge is -2.32. The van der Waals surface area contributed by atoms with E-state index in [-0.39, 0.29) is 12.5 Å². The Morgan fingerprint density at radius 2 is 2.41 bits per heavy atom. The standard InChI is InChI=1S/C10H13N3O3S/c1-6-12-7(5-17-6)9(14)13-3-2-11-4-8(13)10(15)16/h5,8,11H,2-4H2,1H3,(H,15,16). The Bertz CT molecular complexity index is 446. The molecule has 2 heterocycles. The van der Waals surface area contributed by atoms with E-state index in [0.29, 0.717) is 18.8 Å². The van der Waals surface area contributed by atoms with E-state index in [9.17, 15) is 9.59 Å². The van der Waals surface area contributed by atoms with Gasteiger partial charge in [-0.1, -0.05) is 0 Å². The average Bonchev–Trinajstić information content (AvgIpc) is 2.75. The molecule has 6 nitrogen and oxygen atoms in total. The molecule has 0 spiro atoms. The Morgan fingerprint density at radius 3 is 3.00 bits per heavy atom. The lowest BCUT2D eigenvalue weighted by Crippen LogP contribution is -2.57. The quantitative estimate of drug-likeness (QED) is 0.774. The van der Waals surface area contributed by atoms with Gasteiger partial charge in [-0.05, 0) is 6.92 Å². The van der Waals surface area contributed by atoms with Crippen LogP contribution in [0.25, 0.3) is 0 Å². The van der Waals surface area contributed by atoms with Gasteiger partial charge in [0.25, 0.3) is 5.91 Å². The molecule has 0 saturated carbocycles. The van der Waals surface area contributed by atoms with Crippen LogP contribution in [0.15, 0.2) is 5.38 Å². The van der Waals surface area contributed by atoms with Crippen molar-refractivity contribution in [1.29, 1.82) is 0 Å². The highest BCUT2D eigenvalue weighted by atomic mass is 32.1. The summed E-state index contributed by atoms with van der Waals surface area (Å²) < 4.78 is 0. The molecule has 7 heteroatoms. The number of aryl methyl sites for hydroxylation is 1. The van der Waals surface area contributed by atoms with E-state index in [0.717, 1.165) is 5.01 Å². The number of aliphatic carboxylic acids is 1. The number of carboxylic acids is 1. The van der Waals surface area contributed by atoms with E-state index >= 15 is 0 Å². The van der Waals surface area contributed by atoms with E-state index < -0.39 is 12.0 Å². The van der Waals surface area contributed by atoms with Gasteiger partial charge in [-0.3, -0.25) is 4.79 Å². The maximum atomic E-state index is 12.1. The minimum absolute atomic E-state index is 0.282. The Morgan fingerprint density at radius 1 is 1.65 bits per heavy atom. The second-order valence-electron chi connectivity index (χ2n) is 3.81. The number of carboxylic acid groups (broad SMARTS) is 1. The lowest BCUT2D eigenvalue weighted by molar-refractivity contribution is -0.142. The first kappa shape index (κ1) is 12.0. The monoisotopic (exact) mass is 255 g/mol. The van der Waals surface area contributed by atoms with Gasteiger partial charge in [-0.25, -0.2) is 9.78 Å². The summed E-state index contributed by atoms with van der Waals surface area (Å²) in [6.07, 6.45) is 0. The molecule has 0 aliphatic carbocycles. The summed E-state index contributed by atoms with van der Waals surface area (Å²) in [6.45, 7) is 3.10. The number of amides is 1. The molecule has 1 aliphatic heterocycles. The second kappa shape index (κ2) is 4.80. The van der Waals surface area contributed by atoms with Gasteiger partial charge in [-0.15, -0.1) is 11.3 Å². The summed E-state index contributed by atoms with van der Waals surface area (Å²) >= 11 is 1.38. The molecular weight excluding hydrogens is 242 g/mol. The zero-order valence-electron chi connectivity index (χ0n) is 9.34. The maximum absolute atomic E-state index is 12.1. The van der Waals surface area contributed by atoms with Crippen LogP contribution in [0.5, 0.6) is 0 Å². The third kappa shape index (κ3) is 2.45. The molecule has 2 N–H and O–H groups in total. The van der Waals surface area contributed by atoms with E-state index in [1.54, 1.807) is 5.38 Å². The third-order valence-electron chi connectivity index (χ3n) is 2.63. The molecule has 0 aromatic carbocycles. The molecule has 1 atom stereocenters.